The number of halogens is 1. The summed E-state index contributed by atoms with van der Waals surface area (Å²) >= 11 is 0. The summed E-state index contributed by atoms with van der Waals surface area (Å²) in [6, 6.07) is 11.0. The molecule has 1 aromatic rings. The van der Waals surface area contributed by atoms with Gasteiger partial charge < -0.3 is 20.9 Å². The SMILES string of the molecule is CN=C(NCC(C)(C)NC(C)c1ccccc1)NC1CCN(C(=O)C2CCCC2)C1.I. The second-order valence-electron chi connectivity index (χ2n) is 9.48. The zero-order valence-electron chi connectivity index (χ0n) is 19.5. The van der Waals surface area contributed by atoms with Crippen LogP contribution >= 0.6 is 24.0 Å². The molecular formula is C24H40IN5O. The third-order valence-electron chi connectivity index (χ3n) is 6.37. The Morgan fingerprint density at radius 1 is 1.19 bits per heavy atom. The number of rotatable bonds is 7. The highest BCUT2D eigenvalue weighted by Crippen LogP contribution is 2.27. The number of carbonyl (C=O) groups is 1. The predicted molar refractivity (Wildman–Crippen MR) is 139 cm³/mol. The minimum Gasteiger partial charge on any atom is -0.355 e. The fourth-order valence-corrected chi connectivity index (χ4v) is 4.66. The predicted octanol–water partition coefficient (Wildman–Crippen LogP) is 3.69. The van der Waals surface area contributed by atoms with E-state index in [1.54, 1.807) is 7.05 Å². The van der Waals surface area contributed by atoms with E-state index in [9.17, 15) is 4.79 Å². The molecule has 2 fully saturated rings. The zero-order chi connectivity index (χ0) is 21.6. The van der Waals surface area contributed by atoms with Crippen LogP contribution in [0.1, 0.15) is 64.5 Å². The molecular weight excluding hydrogens is 501 g/mol. The number of likely N-dealkylation sites (tertiary alicyclic amines) is 1. The van der Waals surface area contributed by atoms with Crippen LogP contribution in [-0.4, -0.2) is 55.0 Å². The Morgan fingerprint density at radius 2 is 1.87 bits per heavy atom. The Balaban J connectivity index is 0.00000341. The standard InChI is InChI=1S/C24H39N5O.HI/c1-18(19-10-6-5-7-11-19)28-24(2,3)17-26-23(25-4)27-21-14-15-29(16-21)22(30)20-12-8-9-13-20;/h5-7,10-11,18,20-21,28H,8-9,12-17H2,1-4H3,(H2,25,26,27);1H. The van der Waals surface area contributed by atoms with Crippen molar-refractivity contribution in [3.63, 3.8) is 0 Å². The molecule has 1 saturated heterocycles. The van der Waals surface area contributed by atoms with Gasteiger partial charge in [0.05, 0.1) is 0 Å². The Morgan fingerprint density at radius 3 is 2.52 bits per heavy atom. The summed E-state index contributed by atoms with van der Waals surface area (Å²) < 4.78 is 0. The van der Waals surface area contributed by atoms with Crippen LogP contribution in [-0.2, 0) is 4.79 Å². The lowest BCUT2D eigenvalue weighted by Crippen LogP contribution is -2.53. The summed E-state index contributed by atoms with van der Waals surface area (Å²) in [6.07, 6.45) is 5.52. The minimum atomic E-state index is -0.104. The Labute approximate surface area is 205 Å². The molecule has 0 radical (unpaired) electrons. The fraction of sp³-hybridized carbons (Fsp3) is 0.667. The van der Waals surface area contributed by atoms with Crippen molar-refractivity contribution in [3.05, 3.63) is 35.9 Å². The van der Waals surface area contributed by atoms with Gasteiger partial charge in [0.1, 0.15) is 0 Å². The topological polar surface area (TPSA) is 68.8 Å². The number of carbonyl (C=O) groups excluding carboxylic acids is 1. The molecule has 2 aliphatic rings. The molecule has 1 amide bonds. The molecule has 1 heterocycles. The Bertz CT molecular complexity index is 718. The van der Waals surface area contributed by atoms with Crippen LogP contribution in [0.25, 0.3) is 0 Å². The van der Waals surface area contributed by atoms with Crippen molar-refractivity contribution in [3.8, 4) is 0 Å². The van der Waals surface area contributed by atoms with E-state index in [1.165, 1.54) is 18.4 Å². The van der Waals surface area contributed by atoms with Crippen molar-refractivity contribution >= 4 is 35.8 Å². The van der Waals surface area contributed by atoms with Crippen LogP contribution in [0.15, 0.2) is 35.3 Å². The number of nitrogens with zero attached hydrogens (tertiary/aromatic N) is 2. The van der Waals surface area contributed by atoms with Crippen molar-refractivity contribution in [2.24, 2.45) is 10.9 Å². The minimum absolute atomic E-state index is 0. The highest BCUT2D eigenvalue weighted by atomic mass is 127. The lowest BCUT2D eigenvalue weighted by atomic mass is 10.0. The number of hydrogen-bond donors (Lipinski definition) is 3. The van der Waals surface area contributed by atoms with Crippen LogP contribution in [0.4, 0.5) is 0 Å². The first-order chi connectivity index (χ1) is 14.4. The highest BCUT2D eigenvalue weighted by Gasteiger charge is 2.32. The molecule has 7 heteroatoms. The molecule has 3 rings (SSSR count). The molecule has 1 saturated carbocycles. The van der Waals surface area contributed by atoms with Gasteiger partial charge in [-0.3, -0.25) is 9.79 Å². The van der Waals surface area contributed by atoms with Crippen molar-refractivity contribution < 1.29 is 4.79 Å². The van der Waals surface area contributed by atoms with Gasteiger partial charge in [-0.2, -0.15) is 0 Å². The van der Waals surface area contributed by atoms with E-state index in [0.29, 0.717) is 5.91 Å². The molecule has 0 spiro atoms. The second-order valence-corrected chi connectivity index (χ2v) is 9.48. The molecule has 2 atom stereocenters. The number of guanidine groups is 1. The summed E-state index contributed by atoms with van der Waals surface area (Å²) in [5, 5.41) is 10.7. The summed E-state index contributed by atoms with van der Waals surface area (Å²) in [5.74, 6) is 1.43. The third-order valence-corrected chi connectivity index (χ3v) is 6.37. The number of benzene rings is 1. The van der Waals surface area contributed by atoms with Gasteiger partial charge in [0.25, 0.3) is 0 Å². The van der Waals surface area contributed by atoms with Gasteiger partial charge in [-0.05, 0) is 45.6 Å². The lowest BCUT2D eigenvalue weighted by Gasteiger charge is -2.32. The third kappa shape index (κ3) is 7.63. The van der Waals surface area contributed by atoms with E-state index in [4.69, 9.17) is 0 Å². The van der Waals surface area contributed by atoms with Crippen LogP contribution < -0.4 is 16.0 Å². The summed E-state index contributed by atoms with van der Waals surface area (Å²) in [5.41, 5.74) is 1.18. The quantitative estimate of drug-likeness (QED) is 0.280. The molecule has 1 aromatic carbocycles. The average molecular weight is 542 g/mol. The molecule has 174 valence electrons. The summed E-state index contributed by atoms with van der Waals surface area (Å²) in [4.78, 5) is 19.1. The van der Waals surface area contributed by atoms with Crippen molar-refractivity contribution in [2.75, 3.05) is 26.7 Å². The summed E-state index contributed by atoms with van der Waals surface area (Å²) in [6.45, 7) is 8.98. The smallest absolute Gasteiger partial charge is 0.225 e. The van der Waals surface area contributed by atoms with Crippen molar-refractivity contribution in [1.82, 2.24) is 20.9 Å². The first-order valence-corrected chi connectivity index (χ1v) is 11.5. The number of hydrogen-bond acceptors (Lipinski definition) is 3. The molecule has 1 aliphatic heterocycles. The molecule has 1 aliphatic carbocycles. The fourth-order valence-electron chi connectivity index (χ4n) is 4.66. The van der Waals surface area contributed by atoms with E-state index in [2.05, 4.69) is 66.0 Å². The first-order valence-electron chi connectivity index (χ1n) is 11.5. The zero-order valence-corrected chi connectivity index (χ0v) is 21.8. The maximum Gasteiger partial charge on any atom is 0.225 e. The van der Waals surface area contributed by atoms with Gasteiger partial charge in [-0.1, -0.05) is 43.2 Å². The van der Waals surface area contributed by atoms with E-state index in [0.717, 1.165) is 44.9 Å². The second kappa shape index (κ2) is 12.0. The van der Waals surface area contributed by atoms with E-state index >= 15 is 0 Å². The van der Waals surface area contributed by atoms with E-state index < -0.39 is 0 Å². The first kappa shape index (κ1) is 25.9. The van der Waals surface area contributed by atoms with Crippen LogP contribution in [0.2, 0.25) is 0 Å². The molecule has 0 aromatic heterocycles. The molecule has 31 heavy (non-hydrogen) atoms. The molecule has 2 unspecified atom stereocenters. The van der Waals surface area contributed by atoms with Crippen molar-refractivity contribution in [1.29, 1.82) is 0 Å². The van der Waals surface area contributed by atoms with Crippen LogP contribution in [0, 0.1) is 5.92 Å². The van der Waals surface area contributed by atoms with Gasteiger partial charge >= 0.3 is 0 Å². The van der Waals surface area contributed by atoms with Gasteiger partial charge in [0.15, 0.2) is 5.96 Å². The largest absolute Gasteiger partial charge is 0.355 e. The van der Waals surface area contributed by atoms with Gasteiger partial charge in [-0.25, -0.2) is 0 Å². The Kier molecular flexibility index (Phi) is 10.1. The van der Waals surface area contributed by atoms with Crippen LogP contribution in [0.3, 0.4) is 0 Å². The monoisotopic (exact) mass is 541 g/mol. The lowest BCUT2D eigenvalue weighted by molar-refractivity contribution is -0.134. The average Bonchev–Trinajstić information content (AvgIpc) is 3.43. The van der Waals surface area contributed by atoms with Crippen molar-refractivity contribution in [2.45, 2.75) is 70.5 Å². The maximum absolute atomic E-state index is 12.7. The van der Waals surface area contributed by atoms with E-state index in [-0.39, 0.29) is 47.5 Å². The number of aliphatic imine (C=N–C) groups is 1. The number of nitrogens with one attached hydrogen (secondary N) is 3. The van der Waals surface area contributed by atoms with Crippen LogP contribution in [0.5, 0.6) is 0 Å². The molecule has 6 nitrogen and oxygen atoms in total. The molecule has 3 N–H and O–H groups in total. The number of amides is 1. The molecule has 0 bridgehead atoms. The van der Waals surface area contributed by atoms with Gasteiger partial charge in [0, 0.05) is 50.2 Å². The Hall–Kier alpha value is -1.35. The highest BCUT2D eigenvalue weighted by molar-refractivity contribution is 14.0. The maximum atomic E-state index is 12.7. The van der Waals surface area contributed by atoms with Gasteiger partial charge in [0.2, 0.25) is 5.91 Å². The normalized spacial score (nSPS) is 21.0. The van der Waals surface area contributed by atoms with E-state index in [1.807, 2.05) is 11.0 Å². The summed E-state index contributed by atoms with van der Waals surface area (Å²) in [7, 11) is 1.80. The van der Waals surface area contributed by atoms with Gasteiger partial charge in [-0.15, -0.1) is 24.0 Å².